The number of rotatable bonds is 5. The largest absolute Gasteiger partial charge is 0.493 e. The minimum atomic E-state index is -0.453. The van der Waals surface area contributed by atoms with E-state index < -0.39 is 11.8 Å². The zero-order chi connectivity index (χ0) is 17.8. The Hall–Kier alpha value is -2.79. The van der Waals surface area contributed by atoms with Crippen molar-refractivity contribution in [2.75, 3.05) is 11.6 Å². The molecule has 0 saturated carbocycles. The van der Waals surface area contributed by atoms with Gasteiger partial charge in [-0.3, -0.25) is 15.0 Å². The molecule has 3 rings (SSSR count). The summed E-state index contributed by atoms with van der Waals surface area (Å²) >= 11 is 5.86. The fourth-order valence-corrected chi connectivity index (χ4v) is 2.55. The smallest absolute Gasteiger partial charge is 0.282 e. The van der Waals surface area contributed by atoms with E-state index >= 15 is 0 Å². The molecule has 5 nitrogen and oxygen atoms in total. The Balaban J connectivity index is 1.90. The molecule has 25 heavy (non-hydrogen) atoms. The summed E-state index contributed by atoms with van der Waals surface area (Å²) in [5, 5.41) is 1.76. The van der Waals surface area contributed by atoms with Gasteiger partial charge < -0.3 is 4.74 Å². The van der Waals surface area contributed by atoms with Crippen molar-refractivity contribution in [2.24, 2.45) is 0 Å². The minimum Gasteiger partial charge on any atom is -0.493 e. The number of hydrogen-bond acceptors (Lipinski definition) is 3. The normalized spacial score (nSPS) is 15.6. The van der Waals surface area contributed by atoms with Gasteiger partial charge in [0.2, 0.25) is 0 Å². The zero-order valence-electron chi connectivity index (χ0n) is 13.7. The molecule has 1 aliphatic rings. The third-order valence-electron chi connectivity index (χ3n) is 3.66. The number of nitrogens with zero attached hydrogens (tertiary/aromatic N) is 1. The monoisotopic (exact) mass is 356 g/mol. The van der Waals surface area contributed by atoms with Crippen molar-refractivity contribution in [2.45, 2.75) is 13.3 Å². The molecule has 1 saturated heterocycles. The van der Waals surface area contributed by atoms with Crippen LogP contribution < -0.4 is 15.2 Å². The van der Waals surface area contributed by atoms with Crippen LogP contribution in [0, 0.1) is 0 Å². The fourth-order valence-electron chi connectivity index (χ4n) is 2.43. The second-order valence-electron chi connectivity index (χ2n) is 5.50. The molecule has 0 atom stereocenters. The van der Waals surface area contributed by atoms with E-state index in [0.717, 1.165) is 6.42 Å². The highest BCUT2D eigenvalue weighted by Gasteiger charge is 2.34. The number of carbonyl (C=O) groups is 2. The zero-order valence-corrected chi connectivity index (χ0v) is 14.4. The van der Waals surface area contributed by atoms with Crippen molar-refractivity contribution in [3.63, 3.8) is 0 Å². The maximum atomic E-state index is 12.6. The Kier molecular flexibility index (Phi) is 5.05. The van der Waals surface area contributed by atoms with E-state index in [4.69, 9.17) is 16.3 Å². The summed E-state index contributed by atoms with van der Waals surface area (Å²) in [4.78, 5) is 24.9. The molecule has 128 valence electrons. The van der Waals surface area contributed by atoms with E-state index in [2.05, 4.69) is 5.43 Å². The summed E-state index contributed by atoms with van der Waals surface area (Å²) in [5.74, 6) is -0.231. The van der Waals surface area contributed by atoms with Crippen molar-refractivity contribution < 1.29 is 14.3 Å². The van der Waals surface area contributed by atoms with Crippen LogP contribution in [-0.4, -0.2) is 18.4 Å². The van der Waals surface area contributed by atoms with Crippen LogP contribution in [0.15, 0.2) is 54.1 Å². The summed E-state index contributed by atoms with van der Waals surface area (Å²) in [6.07, 6.45) is 2.42. The van der Waals surface area contributed by atoms with E-state index in [1.54, 1.807) is 30.3 Å². The average Bonchev–Trinajstić information content (AvgIpc) is 2.90. The SMILES string of the molecule is CCCOc1ccccc1C=C1C(=O)NN(c2ccc(Cl)cc2)C1=O. The Morgan fingerprint density at radius 1 is 1.12 bits per heavy atom. The predicted octanol–water partition coefficient (Wildman–Crippen LogP) is 3.59. The molecule has 1 fully saturated rings. The van der Waals surface area contributed by atoms with E-state index in [0.29, 0.717) is 28.6 Å². The summed E-state index contributed by atoms with van der Waals surface area (Å²) in [5.41, 5.74) is 3.85. The predicted molar refractivity (Wildman–Crippen MR) is 97.3 cm³/mol. The van der Waals surface area contributed by atoms with Crippen LogP contribution in [0.1, 0.15) is 18.9 Å². The summed E-state index contributed by atoms with van der Waals surface area (Å²) in [7, 11) is 0. The Labute approximate surface area is 150 Å². The van der Waals surface area contributed by atoms with Crippen LogP contribution in [0.25, 0.3) is 6.08 Å². The molecule has 1 aliphatic heterocycles. The highest BCUT2D eigenvalue weighted by Crippen LogP contribution is 2.26. The number of ether oxygens (including phenoxy) is 1. The molecule has 1 heterocycles. The van der Waals surface area contributed by atoms with Gasteiger partial charge in [-0.25, -0.2) is 5.01 Å². The van der Waals surface area contributed by atoms with Gasteiger partial charge >= 0.3 is 0 Å². The van der Waals surface area contributed by atoms with Crippen LogP contribution in [0.5, 0.6) is 5.75 Å². The molecule has 0 unspecified atom stereocenters. The van der Waals surface area contributed by atoms with Gasteiger partial charge in [-0.1, -0.05) is 36.7 Å². The highest BCUT2D eigenvalue weighted by molar-refractivity contribution is 6.32. The van der Waals surface area contributed by atoms with Gasteiger partial charge in [0.1, 0.15) is 11.3 Å². The van der Waals surface area contributed by atoms with E-state index in [1.807, 2.05) is 31.2 Å². The number of nitrogens with one attached hydrogen (secondary N) is 1. The number of amides is 2. The number of benzene rings is 2. The molecule has 2 aromatic carbocycles. The number of para-hydroxylation sites is 1. The van der Waals surface area contributed by atoms with Crippen molar-refractivity contribution in [1.82, 2.24) is 5.43 Å². The number of halogens is 1. The molecule has 1 N–H and O–H groups in total. The maximum Gasteiger partial charge on any atom is 0.282 e. The van der Waals surface area contributed by atoms with Crippen LogP contribution in [-0.2, 0) is 9.59 Å². The van der Waals surface area contributed by atoms with Gasteiger partial charge in [0, 0.05) is 10.6 Å². The lowest BCUT2D eigenvalue weighted by Gasteiger charge is -2.14. The first-order chi connectivity index (χ1) is 12.1. The van der Waals surface area contributed by atoms with Gasteiger partial charge in [-0.15, -0.1) is 0 Å². The van der Waals surface area contributed by atoms with Crippen LogP contribution >= 0.6 is 11.6 Å². The van der Waals surface area contributed by atoms with Gasteiger partial charge in [0.15, 0.2) is 0 Å². The molecule has 6 heteroatoms. The minimum absolute atomic E-state index is 0.0579. The first-order valence-corrected chi connectivity index (χ1v) is 8.32. The van der Waals surface area contributed by atoms with Gasteiger partial charge in [-0.05, 0) is 42.8 Å². The third-order valence-corrected chi connectivity index (χ3v) is 3.91. The maximum absolute atomic E-state index is 12.6. The lowest BCUT2D eigenvalue weighted by atomic mass is 10.1. The third kappa shape index (κ3) is 3.67. The van der Waals surface area contributed by atoms with Crippen LogP contribution in [0.2, 0.25) is 5.02 Å². The Morgan fingerprint density at radius 2 is 1.84 bits per heavy atom. The molecular weight excluding hydrogens is 340 g/mol. The molecular formula is C19H17ClN2O3. The van der Waals surface area contributed by atoms with Crippen LogP contribution in [0.3, 0.4) is 0 Å². The lowest BCUT2D eigenvalue weighted by molar-refractivity contribution is -0.117. The van der Waals surface area contributed by atoms with Crippen molar-refractivity contribution in [1.29, 1.82) is 0 Å². The molecule has 2 aromatic rings. The van der Waals surface area contributed by atoms with Gasteiger partial charge in [0.05, 0.1) is 12.3 Å². The first kappa shape index (κ1) is 17.0. The van der Waals surface area contributed by atoms with Crippen LogP contribution in [0.4, 0.5) is 5.69 Å². The first-order valence-electron chi connectivity index (χ1n) is 7.94. The van der Waals surface area contributed by atoms with Crippen molar-refractivity contribution >= 4 is 35.2 Å². The summed E-state index contributed by atoms with van der Waals surface area (Å²) < 4.78 is 5.68. The number of anilines is 1. The van der Waals surface area contributed by atoms with Crippen molar-refractivity contribution in [3.05, 3.63) is 64.7 Å². The molecule has 0 spiro atoms. The molecule has 0 bridgehead atoms. The van der Waals surface area contributed by atoms with Crippen molar-refractivity contribution in [3.8, 4) is 5.75 Å². The second kappa shape index (κ2) is 7.40. The van der Waals surface area contributed by atoms with E-state index in [1.165, 1.54) is 5.01 Å². The standard InChI is InChI=1S/C19H17ClN2O3/c1-2-11-25-17-6-4-3-5-13(17)12-16-18(23)21-22(19(16)24)15-9-7-14(20)8-10-15/h3-10,12H,2,11H2,1H3,(H,21,23). The van der Waals surface area contributed by atoms with E-state index in [9.17, 15) is 9.59 Å². The number of hydrogen-bond donors (Lipinski definition) is 1. The molecule has 0 radical (unpaired) electrons. The second-order valence-corrected chi connectivity index (χ2v) is 5.94. The Morgan fingerprint density at radius 3 is 2.56 bits per heavy atom. The Bertz CT molecular complexity index is 831. The number of hydrazine groups is 1. The topological polar surface area (TPSA) is 58.6 Å². The number of carbonyl (C=O) groups excluding carboxylic acids is 2. The quantitative estimate of drug-likeness (QED) is 0.658. The highest BCUT2D eigenvalue weighted by atomic mass is 35.5. The fraction of sp³-hybridized carbons (Fsp3) is 0.158. The summed E-state index contributed by atoms with van der Waals surface area (Å²) in [6.45, 7) is 2.58. The van der Waals surface area contributed by atoms with E-state index in [-0.39, 0.29) is 5.57 Å². The average molecular weight is 357 g/mol. The van der Waals surface area contributed by atoms with Gasteiger partial charge in [0.25, 0.3) is 11.8 Å². The molecule has 2 amide bonds. The lowest BCUT2D eigenvalue weighted by Crippen LogP contribution is -2.35. The summed E-state index contributed by atoms with van der Waals surface area (Å²) in [6, 6.07) is 14.0. The molecule has 0 aliphatic carbocycles. The molecule has 0 aromatic heterocycles. The van der Waals surface area contributed by atoms with Gasteiger partial charge in [-0.2, -0.15) is 0 Å².